The molecule has 0 spiro atoms. The Morgan fingerprint density at radius 3 is 3.05 bits per heavy atom. The van der Waals surface area contributed by atoms with Gasteiger partial charge in [0.1, 0.15) is 0 Å². The van der Waals surface area contributed by atoms with Crippen molar-refractivity contribution in [1.29, 1.82) is 0 Å². The van der Waals surface area contributed by atoms with Gasteiger partial charge in [0.2, 0.25) is 5.91 Å². The molecule has 1 fully saturated rings. The minimum Gasteiger partial charge on any atom is -0.378 e. The number of carbonyl (C=O) groups excluding carboxylic acids is 1. The zero-order chi connectivity index (χ0) is 13.8. The summed E-state index contributed by atoms with van der Waals surface area (Å²) in [6.07, 6.45) is 4.36. The zero-order valence-electron chi connectivity index (χ0n) is 10.7. The number of anilines is 1. The van der Waals surface area contributed by atoms with E-state index in [-0.39, 0.29) is 5.91 Å². The Morgan fingerprint density at radius 2 is 2.37 bits per heavy atom. The van der Waals surface area contributed by atoms with Crippen LogP contribution in [0.25, 0.3) is 0 Å². The number of aromatic nitrogens is 1. The van der Waals surface area contributed by atoms with Crippen LogP contribution in [0.5, 0.6) is 0 Å². The van der Waals surface area contributed by atoms with Crippen molar-refractivity contribution >= 4 is 39.1 Å². The van der Waals surface area contributed by atoms with Crippen molar-refractivity contribution < 1.29 is 9.53 Å². The summed E-state index contributed by atoms with van der Waals surface area (Å²) < 4.78 is 6.26. The van der Waals surface area contributed by atoms with Gasteiger partial charge >= 0.3 is 0 Å². The van der Waals surface area contributed by atoms with Gasteiger partial charge in [-0.1, -0.05) is 11.6 Å². The molecule has 1 amide bonds. The number of nitrogens with zero attached hydrogens (tertiary/aromatic N) is 1. The van der Waals surface area contributed by atoms with Crippen LogP contribution in [0.2, 0.25) is 5.15 Å². The maximum Gasteiger partial charge on any atom is 0.224 e. The van der Waals surface area contributed by atoms with E-state index in [0.717, 1.165) is 23.9 Å². The van der Waals surface area contributed by atoms with E-state index in [0.29, 0.717) is 29.3 Å². The summed E-state index contributed by atoms with van der Waals surface area (Å²) in [5.41, 5.74) is 0.543. The molecule has 1 aliphatic rings. The number of amides is 1. The molecule has 1 aliphatic carbocycles. The first-order valence-electron chi connectivity index (χ1n) is 6.31. The predicted molar refractivity (Wildman–Crippen MR) is 78.3 cm³/mol. The average Bonchev–Trinajstić information content (AvgIpc) is 2.31. The van der Waals surface area contributed by atoms with E-state index in [4.69, 9.17) is 16.3 Å². The Balaban J connectivity index is 1.80. The number of rotatable bonds is 5. The van der Waals surface area contributed by atoms with Gasteiger partial charge in [0.05, 0.1) is 11.8 Å². The summed E-state index contributed by atoms with van der Waals surface area (Å²) in [6, 6.07) is 1.75. The maximum atomic E-state index is 11.9. The highest BCUT2D eigenvalue weighted by Crippen LogP contribution is 2.33. The fourth-order valence-corrected chi connectivity index (χ4v) is 2.67. The summed E-state index contributed by atoms with van der Waals surface area (Å²) in [6.45, 7) is 2.73. The molecule has 6 heteroatoms. The summed E-state index contributed by atoms with van der Waals surface area (Å²) >= 11 is 9.22. The molecular weight excluding hydrogens is 332 g/mol. The van der Waals surface area contributed by atoms with Crippen LogP contribution in [0.4, 0.5) is 5.69 Å². The fraction of sp³-hybridized carbons (Fsp3) is 0.538. The SMILES string of the molecule is CCOC1CC(CC(=O)Nc2cc(Br)cnc2Cl)C1. The zero-order valence-corrected chi connectivity index (χ0v) is 13.0. The second-order valence-corrected chi connectivity index (χ2v) is 5.93. The van der Waals surface area contributed by atoms with E-state index in [1.165, 1.54) is 0 Å². The number of hydrogen-bond acceptors (Lipinski definition) is 3. The molecule has 0 saturated heterocycles. The lowest BCUT2D eigenvalue weighted by Gasteiger charge is -2.34. The van der Waals surface area contributed by atoms with Gasteiger partial charge in [-0.15, -0.1) is 0 Å². The van der Waals surface area contributed by atoms with Crippen molar-refractivity contribution in [3.63, 3.8) is 0 Å². The van der Waals surface area contributed by atoms with Crippen LogP contribution in [-0.4, -0.2) is 23.6 Å². The normalized spacial score (nSPS) is 21.8. The van der Waals surface area contributed by atoms with E-state index >= 15 is 0 Å². The van der Waals surface area contributed by atoms with Gasteiger partial charge in [0, 0.05) is 23.7 Å². The second-order valence-electron chi connectivity index (χ2n) is 4.66. The highest BCUT2D eigenvalue weighted by molar-refractivity contribution is 9.10. The fourth-order valence-electron chi connectivity index (χ4n) is 2.19. The van der Waals surface area contributed by atoms with Crippen LogP contribution in [-0.2, 0) is 9.53 Å². The van der Waals surface area contributed by atoms with Gasteiger partial charge in [-0.2, -0.15) is 0 Å². The first kappa shape index (κ1) is 14.8. The molecule has 0 bridgehead atoms. The Bertz CT molecular complexity index is 464. The lowest BCUT2D eigenvalue weighted by atomic mass is 9.80. The number of ether oxygens (including phenoxy) is 1. The van der Waals surface area contributed by atoms with Crippen molar-refractivity contribution in [3.8, 4) is 0 Å². The monoisotopic (exact) mass is 346 g/mol. The molecule has 1 saturated carbocycles. The molecule has 0 atom stereocenters. The molecule has 1 aromatic rings. The first-order chi connectivity index (χ1) is 9.08. The molecule has 4 nitrogen and oxygen atoms in total. The quantitative estimate of drug-likeness (QED) is 0.827. The number of hydrogen-bond donors (Lipinski definition) is 1. The Kier molecular flexibility index (Phi) is 5.19. The van der Waals surface area contributed by atoms with Crippen LogP contribution in [0.3, 0.4) is 0 Å². The van der Waals surface area contributed by atoms with Crippen molar-refractivity contribution in [2.45, 2.75) is 32.3 Å². The second kappa shape index (κ2) is 6.68. The molecule has 0 unspecified atom stereocenters. The lowest BCUT2D eigenvalue weighted by Crippen LogP contribution is -2.33. The minimum atomic E-state index is -0.0262. The first-order valence-corrected chi connectivity index (χ1v) is 7.48. The molecule has 0 aromatic carbocycles. The van der Waals surface area contributed by atoms with Crippen LogP contribution < -0.4 is 5.32 Å². The van der Waals surface area contributed by atoms with Crippen molar-refractivity contribution in [2.24, 2.45) is 5.92 Å². The van der Waals surface area contributed by atoms with Crippen LogP contribution in [0.1, 0.15) is 26.2 Å². The largest absolute Gasteiger partial charge is 0.378 e. The van der Waals surface area contributed by atoms with E-state index in [9.17, 15) is 4.79 Å². The Morgan fingerprint density at radius 1 is 1.63 bits per heavy atom. The molecule has 1 heterocycles. The van der Waals surface area contributed by atoms with Gasteiger partial charge in [-0.3, -0.25) is 4.79 Å². The molecule has 19 heavy (non-hydrogen) atoms. The Hall–Kier alpha value is -0.650. The summed E-state index contributed by atoms with van der Waals surface area (Å²) in [5, 5.41) is 3.10. The minimum absolute atomic E-state index is 0.0262. The van der Waals surface area contributed by atoms with E-state index in [2.05, 4.69) is 26.2 Å². The smallest absolute Gasteiger partial charge is 0.224 e. The Labute approximate surface area is 126 Å². The third-order valence-electron chi connectivity index (χ3n) is 3.15. The molecule has 2 rings (SSSR count). The van der Waals surface area contributed by atoms with Gasteiger partial charge in [0.15, 0.2) is 5.15 Å². The lowest BCUT2D eigenvalue weighted by molar-refractivity contribution is -0.119. The molecule has 0 radical (unpaired) electrons. The highest BCUT2D eigenvalue weighted by atomic mass is 79.9. The van der Waals surface area contributed by atoms with Crippen molar-refractivity contribution in [3.05, 3.63) is 21.9 Å². The number of pyridine rings is 1. The summed E-state index contributed by atoms with van der Waals surface area (Å²) in [7, 11) is 0. The summed E-state index contributed by atoms with van der Waals surface area (Å²) in [5.74, 6) is 0.386. The standard InChI is InChI=1S/C13H16BrClN2O2/c1-2-19-10-3-8(4-10)5-12(18)17-11-6-9(14)7-16-13(11)15/h6-8,10H,2-5H2,1H3,(H,17,18). The number of carbonyl (C=O) groups is 1. The molecule has 1 N–H and O–H groups in total. The van der Waals surface area contributed by atoms with Crippen LogP contribution >= 0.6 is 27.5 Å². The average molecular weight is 348 g/mol. The van der Waals surface area contributed by atoms with Gasteiger partial charge in [-0.25, -0.2) is 4.98 Å². The molecule has 0 aliphatic heterocycles. The van der Waals surface area contributed by atoms with Crippen molar-refractivity contribution in [1.82, 2.24) is 4.98 Å². The number of halogens is 2. The van der Waals surface area contributed by atoms with E-state index in [1.54, 1.807) is 12.3 Å². The highest BCUT2D eigenvalue weighted by Gasteiger charge is 2.31. The van der Waals surface area contributed by atoms with Gasteiger partial charge in [0.25, 0.3) is 0 Å². The third-order valence-corrected chi connectivity index (χ3v) is 3.88. The number of nitrogens with one attached hydrogen (secondary N) is 1. The third kappa shape index (κ3) is 4.16. The van der Waals surface area contributed by atoms with Gasteiger partial charge < -0.3 is 10.1 Å². The maximum absolute atomic E-state index is 11.9. The van der Waals surface area contributed by atoms with Crippen molar-refractivity contribution in [2.75, 3.05) is 11.9 Å². The molecule has 104 valence electrons. The topological polar surface area (TPSA) is 51.2 Å². The molecule has 1 aromatic heterocycles. The van der Waals surface area contributed by atoms with E-state index < -0.39 is 0 Å². The van der Waals surface area contributed by atoms with Crippen LogP contribution in [0, 0.1) is 5.92 Å². The molecular formula is C13H16BrClN2O2. The van der Waals surface area contributed by atoms with E-state index in [1.807, 2.05) is 6.92 Å². The predicted octanol–water partition coefficient (Wildman–Crippen LogP) is 3.64. The summed E-state index contributed by atoms with van der Waals surface area (Å²) in [4.78, 5) is 15.9. The van der Waals surface area contributed by atoms with Gasteiger partial charge in [-0.05, 0) is 47.7 Å². The van der Waals surface area contributed by atoms with Crippen LogP contribution in [0.15, 0.2) is 16.7 Å².